The van der Waals surface area contributed by atoms with Crippen LogP contribution in [0.25, 0.3) is 0 Å². The molecule has 1 heterocycles. The highest BCUT2D eigenvalue weighted by Gasteiger charge is 2.32. The standard InChI is InChI=1S/C12H7BrF3NO2S/c13-10-6-5-9(20-10)11(18)17-7-3-1-2-4-8(7)19-12(14,15)16/h1-6H,(H,17,18). The van der Waals surface area contributed by atoms with Gasteiger partial charge in [-0.25, -0.2) is 0 Å². The summed E-state index contributed by atoms with van der Waals surface area (Å²) in [6.07, 6.45) is -4.81. The van der Waals surface area contributed by atoms with Gasteiger partial charge in [-0.3, -0.25) is 4.79 Å². The number of ether oxygens (including phenoxy) is 1. The third kappa shape index (κ3) is 3.97. The van der Waals surface area contributed by atoms with Gasteiger partial charge in [0, 0.05) is 0 Å². The van der Waals surface area contributed by atoms with Gasteiger partial charge < -0.3 is 10.1 Å². The lowest BCUT2D eigenvalue weighted by molar-refractivity contribution is -0.274. The molecule has 0 saturated carbocycles. The van der Waals surface area contributed by atoms with Crippen LogP contribution in [0, 0.1) is 0 Å². The highest BCUT2D eigenvalue weighted by Crippen LogP contribution is 2.31. The van der Waals surface area contributed by atoms with E-state index in [1.165, 1.54) is 29.5 Å². The molecule has 2 rings (SSSR count). The van der Waals surface area contributed by atoms with Crippen LogP contribution in [0.1, 0.15) is 9.67 Å². The van der Waals surface area contributed by atoms with E-state index in [1.54, 1.807) is 12.1 Å². The Labute approximate surface area is 124 Å². The topological polar surface area (TPSA) is 38.3 Å². The predicted octanol–water partition coefficient (Wildman–Crippen LogP) is 4.66. The zero-order valence-corrected chi connectivity index (χ0v) is 12.1. The molecule has 0 atom stereocenters. The molecule has 1 N–H and O–H groups in total. The number of alkyl halides is 3. The molecule has 0 saturated heterocycles. The van der Waals surface area contributed by atoms with Crippen molar-refractivity contribution in [3.8, 4) is 5.75 Å². The lowest BCUT2D eigenvalue weighted by Crippen LogP contribution is -2.19. The first kappa shape index (κ1) is 14.9. The van der Waals surface area contributed by atoms with Crippen molar-refractivity contribution in [1.29, 1.82) is 0 Å². The van der Waals surface area contributed by atoms with E-state index in [0.29, 0.717) is 4.88 Å². The predicted molar refractivity (Wildman–Crippen MR) is 73.1 cm³/mol. The van der Waals surface area contributed by atoms with Crippen molar-refractivity contribution in [2.45, 2.75) is 6.36 Å². The molecule has 0 aliphatic rings. The summed E-state index contributed by atoms with van der Waals surface area (Å²) in [7, 11) is 0. The van der Waals surface area contributed by atoms with Gasteiger partial charge in [-0.15, -0.1) is 24.5 Å². The molecule has 0 aliphatic heterocycles. The van der Waals surface area contributed by atoms with E-state index in [0.717, 1.165) is 9.85 Å². The number of benzene rings is 1. The summed E-state index contributed by atoms with van der Waals surface area (Å²) in [5.74, 6) is -0.956. The third-order valence-electron chi connectivity index (χ3n) is 2.16. The second-order valence-corrected chi connectivity index (χ2v) is 6.06. The van der Waals surface area contributed by atoms with Gasteiger partial charge in [0.05, 0.1) is 14.4 Å². The minimum Gasteiger partial charge on any atom is -0.404 e. The summed E-state index contributed by atoms with van der Waals surface area (Å²) < 4.78 is 41.3. The van der Waals surface area contributed by atoms with E-state index in [-0.39, 0.29) is 5.69 Å². The number of rotatable bonds is 3. The Morgan fingerprint density at radius 2 is 1.90 bits per heavy atom. The number of carbonyl (C=O) groups is 1. The summed E-state index contributed by atoms with van der Waals surface area (Å²) in [5.41, 5.74) is -0.0423. The Hall–Kier alpha value is -1.54. The second-order valence-electron chi connectivity index (χ2n) is 3.60. The fourth-order valence-electron chi connectivity index (χ4n) is 1.40. The highest BCUT2D eigenvalue weighted by molar-refractivity contribution is 9.11. The number of halogens is 4. The Balaban J connectivity index is 2.19. The van der Waals surface area contributed by atoms with Crippen LogP contribution in [0.5, 0.6) is 5.75 Å². The number of carbonyl (C=O) groups excluding carboxylic acids is 1. The fourth-order valence-corrected chi connectivity index (χ4v) is 2.69. The van der Waals surface area contributed by atoms with E-state index in [9.17, 15) is 18.0 Å². The van der Waals surface area contributed by atoms with Crippen LogP contribution in [-0.4, -0.2) is 12.3 Å². The fraction of sp³-hybridized carbons (Fsp3) is 0.0833. The molecule has 0 radical (unpaired) electrons. The molecule has 3 nitrogen and oxygen atoms in total. The van der Waals surface area contributed by atoms with Gasteiger partial charge in [-0.1, -0.05) is 12.1 Å². The van der Waals surface area contributed by atoms with Gasteiger partial charge in [0.15, 0.2) is 5.75 Å². The summed E-state index contributed by atoms with van der Waals surface area (Å²) in [6.45, 7) is 0. The quantitative estimate of drug-likeness (QED) is 0.858. The smallest absolute Gasteiger partial charge is 0.404 e. The first-order valence-electron chi connectivity index (χ1n) is 5.26. The minimum atomic E-state index is -4.81. The van der Waals surface area contributed by atoms with E-state index >= 15 is 0 Å². The van der Waals surface area contributed by atoms with Crippen molar-refractivity contribution in [2.24, 2.45) is 0 Å². The molecule has 1 amide bonds. The van der Waals surface area contributed by atoms with Crippen LogP contribution >= 0.6 is 27.3 Å². The van der Waals surface area contributed by atoms with Crippen LogP contribution in [0.2, 0.25) is 0 Å². The van der Waals surface area contributed by atoms with Crippen LogP contribution in [0.3, 0.4) is 0 Å². The summed E-state index contributed by atoms with van der Waals surface area (Å²) in [5, 5.41) is 2.39. The third-order valence-corrected chi connectivity index (χ3v) is 3.78. The number of anilines is 1. The largest absolute Gasteiger partial charge is 0.573 e. The number of thiophene rings is 1. The average molecular weight is 366 g/mol. The van der Waals surface area contributed by atoms with E-state index < -0.39 is 18.0 Å². The molecule has 0 spiro atoms. The zero-order chi connectivity index (χ0) is 14.8. The van der Waals surface area contributed by atoms with Gasteiger partial charge in [-0.05, 0) is 40.2 Å². The molecule has 0 bridgehead atoms. The van der Waals surface area contributed by atoms with E-state index in [2.05, 4.69) is 26.0 Å². The normalized spacial score (nSPS) is 11.2. The zero-order valence-electron chi connectivity index (χ0n) is 9.70. The van der Waals surface area contributed by atoms with E-state index in [4.69, 9.17) is 0 Å². The highest BCUT2D eigenvalue weighted by atomic mass is 79.9. The van der Waals surface area contributed by atoms with Crippen molar-refractivity contribution in [3.63, 3.8) is 0 Å². The maximum Gasteiger partial charge on any atom is 0.573 e. The maximum atomic E-state index is 12.2. The molecular weight excluding hydrogens is 359 g/mol. The number of nitrogens with one attached hydrogen (secondary N) is 1. The number of hydrogen-bond donors (Lipinski definition) is 1. The number of hydrogen-bond acceptors (Lipinski definition) is 3. The minimum absolute atomic E-state index is 0.0423. The summed E-state index contributed by atoms with van der Waals surface area (Å²) in [6, 6.07) is 8.60. The summed E-state index contributed by atoms with van der Waals surface area (Å²) in [4.78, 5) is 12.3. The van der Waals surface area contributed by atoms with Crippen molar-refractivity contribution in [1.82, 2.24) is 0 Å². The lowest BCUT2D eigenvalue weighted by Gasteiger charge is -2.13. The first-order valence-corrected chi connectivity index (χ1v) is 6.87. The number of para-hydroxylation sites is 2. The monoisotopic (exact) mass is 365 g/mol. The molecular formula is C12H7BrF3NO2S. The molecule has 0 unspecified atom stereocenters. The molecule has 8 heteroatoms. The Morgan fingerprint density at radius 3 is 2.50 bits per heavy atom. The Morgan fingerprint density at radius 1 is 1.20 bits per heavy atom. The summed E-state index contributed by atoms with van der Waals surface area (Å²) >= 11 is 4.38. The van der Waals surface area contributed by atoms with Gasteiger partial charge in [0.2, 0.25) is 0 Å². The lowest BCUT2D eigenvalue weighted by atomic mass is 10.3. The Kier molecular flexibility index (Phi) is 4.34. The maximum absolute atomic E-state index is 12.2. The van der Waals surface area contributed by atoms with Crippen molar-refractivity contribution >= 4 is 38.9 Å². The van der Waals surface area contributed by atoms with Gasteiger partial charge in [0.1, 0.15) is 0 Å². The van der Waals surface area contributed by atoms with Gasteiger partial charge in [0.25, 0.3) is 5.91 Å². The van der Waals surface area contributed by atoms with Crippen molar-refractivity contribution < 1.29 is 22.7 Å². The van der Waals surface area contributed by atoms with Crippen LogP contribution in [0.15, 0.2) is 40.2 Å². The second kappa shape index (κ2) is 5.84. The SMILES string of the molecule is O=C(Nc1ccccc1OC(F)(F)F)c1ccc(Br)s1. The molecule has 2 aromatic rings. The molecule has 0 aliphatic carbocycles. The van der Waals surface area contributed by atoms with E-state index in [1.807, 2.05) is 0 Å². The van der Waals surface area contributed by atoms with Crippen LogP contribution in [-0.2, 0) is 0 Å². The van der Waals surface area contributed by atoms with Gasteiger partial charge in [-0.2, -0.15) is 0 Å². The average Bonchev–Trinajstić information content (AvgIpc) is 2.77. The molecule has 1 aromatic carbocycles. The molecule has 20 heavy (non-hydrogen) atoms. The number of amides is 1. The molecule has 0 fully saturated rings. The first-order chi connectivity index (χ1) is 9.35. The van der Waals surface area contributed by atoms with Gasteiger partial charge >= 0.3 is 6.36 Å². The molecule has 1 aromatic heterocycles. The van der Waals surface area contributed by atoms with Crippen molar-refractivity contribution in [3.05, 3.63) is 45.1 Å². The van der Waals surface area contributed by atoms with Crippen LogP contribution < -0.4 is 10.1 Å². The van der Waals surface area contributed by atoms with Crippen LogP contribution in [0.4, 0.5) is 18.9 Å². The Bertz CT molecular complexity index is 627. The van der Waals surface area contributed by atoms with Crippen molar-refractivity contribution in [2.75, 3.05) is 5.32 Å². The molecule has 106 valence electrons.